The Morgan fingerprint density at radius 2 is 2.04 bits per heavy atom. The molecule has 0 bridgehead atoms. The van der Waals surface area contributed by atoms with Crippen LogP contribution in [0.5, 0.6) is 0 Å². The third-order valence-corrected chi connectivity index (χ3v) is 6.16. The topological polar surface area (TPSA) is 76.4 Å². The molecule has 3 aromatic rings. The van der Waals surface area contributed by atoms with Crippen molar-refractivity contribution in [2.45, 2.75) is 36.1 Å². The summed E-state index contributed by atoms with van der Waals surface area (Å²) in [6.45, 7) is 3.50. The van der Waals surface area contributed by atoms with E-state index in [2.05, 4.69) is 15.4 Å². The van der Waals surface area contributed by atoms with Crippen LogP contribution in [0.2, 0.25) is 0 Å². The molecule has 1 aliphatic heterocycles. The molecule has 3 heterocycles. The lowest BCUT2D eigenvalue weighted by molar-refractivity contribution is 0.595. The summed E-state index contributed by atoms with van der Waals surface area (Å²) in [4.78, 5) is 5.17. The van der Waals surface area contributed by atoms with Gasteiger partial charge >= 0.3 is 0 Å². The first-order chi connectivity index (χ1) is 11.6. The van der Waals surface area contributed by atoms with Crippen LogP contribution in [0.4, 0.5) is 0 Å². The number of fused-ring (bicyclic) bond motifs is 2. The van der Waals surface area contributed by atoms with Crippen LogP contribution in [-0.4, -0.2) is 29.6 Å². The maximum Gasteiger partial charge on any atom is 0.212 e. The number of aryl methyl sites for hydroxylation is 1. The normalized spacial score (nSPS) is 14.7. The average Bonchev–Trinajstić information content (AvgIpc) is 2.98. The Labute approximate surface area is 140 Å². The second kappa shape index (κ2) is 5.68. The van der Waals surface area contributed by atoms with Gasteiger partial charge in [-0.3, -0.25) is 0 Å². The van der Waals surface area contributed by atoms with E-state index in [0.29, 0.717) is 17.8 Å². The first kappa shape index (κ1) is 15.3. The van der Waals surface area contributed by atoms with Gasteiger partial charge in [0.25, 0.3) is 0 Å². The molecule has 0 amide bonds. The number of nitrogens with zero attached hydrogens (tertiary/aromatic N) is 3. The molecule has 7 heteroatoms. The van der Waals surface area contributed by atoms with Gasteiger partial charge in [0.15, 0.2) is 5.65 Å². The van der Waals surface area contributed by atoms with Crippen LogP contribution >= 0.6 is 0 Å². The van der Waals surface area contributed by atoms with Gasteiger partial charge < -0.3 is 5.32 Å². The maximum atomic E-state index is 13.2. The molecule has 4 rings (SSSR count). The van der Waals surface area contributed by atoms with Crippen LogP contribution in [-0.2, 0) is 29.2 Å². The molecular weight excluding hydrogens is 324 g/mol. The van der Waals surface area contributed by atoms with Gasteiger partial charge in [-0.1, -0.05) is 25.1 Å². The quantitative estimate of drug-likeness (QED) is 0.785. The van der Waals surface area contributed by atoms with E-state index in [1.165, 1.54) is 0 Å². The molecule has 6 nitrogen and oxygen atoms in total. The fourth-order valence-electron chi connectivity index (χ4n) is 3.09. The highest BCUT2D eigenvalue weighted by Crippen LogP contribution is 2.28. The number of rotatable bonds is 3. The molecule has 2 aromatic heterocycles. The van der Waals surface area contributed by atoms with Gasteiger partial charge in [0.05, 0.1) is 16.3 Å². The molecule has 124 valence electrons. The Morgan fingerprint density at radius 1 is 1.25 bits per heavy atom. The Balaban J connectivity index is 2.00. The Kier molecular flexibility index (Phi) is 3.62. The summed E-state index contributed by atoms with van der Waals surface area (Å²) in [5.74, 6) is 0. The van der Waals surface area contributed by atoms with Crippen LogP contribution in [0.3, 0.4) is 0 Å². The summed E-state index contributed by atoms with van der Waals surface area (Å²) in [6.07, 6.45) is 3.23. The van der Waals surface area contributed by atoms with Crippen LogP contribution in [0, 0.1) is 0 Å². The standard InChI is InChI=1S/C17H18N4O2S/c1-2-14-16(24(22,23)13-6-4-3-5-7-13)17-19-15-8-9-18-10-12(15)11-21(17)20-14/h3-7,11,18H,2,8-10H2,1H3. The van der Waals surface area contributed by atoms with Gasteiger partial charge in [0.1, 0.15) is 4.90 Å². The average molecular weight is 342 g/mol. The number of aromatic nitrogens is 3. The van der Waals surface area contributed by atoms with E-state index in [9.17, 15) is 8.42 Å². The summed E-state index contributed by atoms with van der Waals surface area (Å²) >= 11 is 0. The molecule has 0 atom stereocenters. The molecule has 0 spiro atoms. The predicted octanol–water partition coefficient (Wildman–Crippen LogP) is 1.77. The van der Waals surface area contributed by atoms with Crippen LogP contribution in [0.25, 0.3) is 5.65 Å². The lowest BCUT2D eigenvalue weighted by atomic mass is 10.1. The molecule has 0 saturated heterocycles. The Hall–Kier alpha value is -2.25. The van der Waals surface area contributed by atoms with Crippen molar-refractivity contribution in [3.63, 3.8) is 0 Å². The minimum Gasteiger partial charge on any atom is -0.312 e. The zero-order valence-corrected chi connectivity index (χ0v) is 14.2. The minimum absolute atomic E-state index is 0.234. The van der Waals surface area contributed by atoms with E-state index in [0.717, 1.165) is 30.8 Å². The first-order valence-corrected chi connectivity index (χ1v) is 9.50. The van der Waals surface area contributed by atoms with Crippen molar-refractivity contribution in [3.8, 4) is 0 Å². The van der Waals surface area contributed by atoms with Gasteiger partial charge in [-0.25, -0.2) is 17.9 Å². The summed E-state index contributed by atoms with van der Waals surface area (Å²) in [5, 5.41) is 7.78. The number of hydrogen-bond donors (Lipinski definition) is 1. The molecule has 24 heavy (non-hydrogen) atoms. The largest absolute Gasteiger partial charge is 0.312 e. The molecule has 1 aromatic carbocycles. The van der Waals surface area contributed by atoms with Crippen molar-refractivity contribution >= 4 is 15.5 Å². The minimum atomic E-state index is -3.65. The molecule has 0 saturated carbocycles. The lowest BCUT2D eigenvalue weighted by Gasteiger charge is -2.16. The van der Waals surface area contributed by atoms with Crippen molar-refractivity contribution in [2.24, 2.45) is 0 Å². The molecule has 0 fully saturated rings. The van der Waals surface area contributed by atoms with Gasteiger partial charge in [0, 0.05) is 31.3 Å². The fourth-order valence-corrected chi connectivity index (χ4v) is 4.71. The second-order valence-electron chi connectivity index (χ2n) is 5.85. The van der Waals surface area contributed by atoms with Gasteiger partial charge in [-0.2, -0.15) is 5.10 Å². The van der Waals surface area contributed by atoms with Crippen LogP contribution in [0.15, 0.2) is 46.3 Å². The van der Waals surface area contributed by atoms with E-state index >= 15 is 0 Å². The monoisotopic (exact) mass is 342 g/mol. The molecule has 0 radical (unpaired) electrons. The Morgan fingerprint density at radius 3 is 2.79 bits per heavy atom. The molecule has 0 aliphatic carbocycles. The summed E-state index contributed by atoms with van der Waals surface area (Å²) in [7, 11) is -3.65. The van der Waals surface area contributed by atoms with Crippen molar-refractivity contribution in [1.82, 2.24) is 19.9 Å². The summed E-state index contributed by atoms with van der Waals surface area (Å²) in [5.41, 5.74) is 3.01. The maximum absolute atomic E-state index is 13.2. The highest BCUT2D eigenvalue weighted by Gasteiger charge is 2.28. The van der Waals surface area contributed by atoms with Gasteiger partial charge in [0.2, 0.25) is 9.84 Å². The van der Waals surface area contributed by atoms with Crippen molar-refractivity contribution in [3.05, 3.63) is 53.5 Å². The zero-order valence-electron chi connectivity index (χ0n) is 13.4. The first-order valence-electron chi connectivity index (χ1n) is 8.02. The van der Waals surface area contributed by atoms with Crippen molar-refractivity contribution < 1.29 is 8.42 Å². The molecule has 0 unspecified atom stereocenters. The van der Waals surface area contributed by atoms with Crippen molar-refractivity contribution in [2.75, 3.05) is 6.54 Å². The van der Waals surface area contributed by atoms with Crippen LogP contribution in [0.1, 0.15) is 23.9 Å². The third kappa shape index (κ3) is 2.32. The summed E-state index contributed by atoms with van der Waals surface area (Å²) < 4.78 is 27.9. The second-order valence-corrected chi connectivity index (χ2v) is 7.74. The van der Waals surface area contributed by atoms with E-state index in [1.807, 2.05) is 13.1 Å². The predicted molar refractivity (Wildman–Crippen MR) is 89.7 cm³/mol. The molecular formula is C17H18N4O2S. The highest BCUT2D eigenvalue weighted by atomic mass is 32.2. The van der Waals surface area contributed by atoms with E-state index in [4.69, 9.17) is 0 Å². The Bertz CT molecular complexity index is 1010. The molecule has 1 aliphatic rings. The van der Waals surface area contributed by atoms with Gasteiger partial charge in [-0.15, -0.1) is 0 Å². The van der Waals surface area contributed by atoms with Crippen molar-refractivity contribution in [1.29, 1.82) is 0 Å². The smallest absolute Gasteiger partial charge is 0.212 e. The van der Waals surface area contributed by atoms with Crippen LogP contribution < -0.4 is 5.32 Å². The highest BCUT2D eigenvalue weighted by molar-refractivity contribution is 7.91. The number of sulfone groups is 1. The van der Waals surface area contributed by atoms with E-state index < -0.39 is 9.84 Å². The van der Waals surface area contributed by atoms with Gasteiger partial charge in [-0.05, 0) is 18.6 Å². The number of nitrogens with one attached hydrogen (secondary N) is 1. The summed E-state index contributed by atoms with van der Waals surface area (Å²) in [6, 6.07) is 8.48. The van der Waals surface area contributed by atoms with E-state index in [1.54, 1.807) is 34.8 Å². The number of benzene rings is 1. The third-order valence-electron chi connectivity index (χ3n) is 4.31. The lowest BCUT2D eigenvalue weighted by Crippen LogP contribution is -2.25. The SMILES string of the molecule is CCc1nn2cc3c(nc2c1S(=O)(=O)c1ccccc1)CCNC3. The number of hydrogen-bond acceptors (Lipinski definition) is 5. The fraction of sp³-hybridized carbons (Fsp3) is 0.294. The zero-order chi connectivity index (χ0) is 16.7. The molecule has 1 N–H and O–H groups in total. The van der Waals surface area contributed by atoms with E-state index in [-0.39, 0.29) is 9.79 Å².